The van der Waals surface area contributed by atoms with Crippen LogP contribution in [0.5, 0.6) is 0 Å². The minimum atomic E-state index is -0.168. The van der Waals surface area contributed by atoms with Crippen LogP contribution in [0.25, 0.3) is 0 Å². The van der Waals surface area contributed by atoms with E-state index in [1.165, 1.54) is 0 Å². The molecule has 2 aliphatic heterocycles. The lowest BCUT2D eigenvalue weighted by molar-refractivity contribution is 0.139. The quantitative estimate of drug-likeness (QED) is 0.869. The van der Waals surface area contributed by atoms with Gasteiger partial charge in [0.2, 0.25) is 0 Å². The molecular weight excluding hydrogens is 294 g/mol. The van der Waals surface area contributed by atoms with Crippen molar-refractivity contribution in [2.24, 2.45) is 0 Å². The van der Waals surface area contributed by atoms with Gasteiger partial charge in [0, 0.05) is 31.9 Å². The molecule has 0 unspecified atom stereocenters. The number of likely N-dealkylation sites (tertiary alicyclic amines) is 1. The summed E-state index contributed by atoms with van der Waals surface area (Å²) >= 11 is 0. The van der Waals surface area contributed by atoms with Crippen molar-refractivity contribution in [2.75, 3.05) is 31.5 Å². The molecule has 2 N–H and O–H groups in total. The van der Waals surface area contributed by atoms with Crippen LogP contribution in [0.3, 0.4) is 0 Å². The molecule has 3 rings (SSSR count). The fraction of sp³-hybridized carbons (Fsp3) is 0.438. The average Bonchev–Trinajstić information content (AvgIpc) is 3.02. The Bertz CT molecular complexity index is 637. The van der Waals surface area contributed by atoms with Crippen molar-refractivity contribution in [2.45, 2.75) is 18.9 Å². The molecule has 0 radical (unpaired) electrons. The number of hydrogen-bond donors (Lipinski definition) is 2. The third-order valence-corrected chi connectivity index (χ3v) is 4.28. The molecule has 2 saturated heterocycles. The number of carbonyl (C=O) groups excluding carboxylic acids is 2. The molecule has 2 fully saturated rings. The first-order chi connectivity index (χ1) is 11.2. The highest BCUT2D eigenvalue weighted by Gasteiger charge is 2.32. The normalized spacial score (nSPS) is 20.8. The second kappa shape index (κ2) is 6.57. The van der Waals surface area contributed by atoms with Gasteiger partial charge in [-0.05, 0) is 37.1 Å². The molecule has 0 saturated carbocycles. The van der Waals surface area contributed by atoms with Crippen molar-refractivity contribution < 1.29 is 9.59 Å². The first kappa shape index (κ1) is 15.2. The van der Waals surface area contributed by atoms with E-state index >= 15 is 0 Å². The lowest BCUT2D eigenvalue weighted by Gasteiger charge is -2.36. The lowest BCUT2D eigenvalue weighted by atomic mass is 10.0. The fourth-order valence-corrected chi connectivity index (χ4v) is 3.06. The van der Waals surface area contributed by atoms with Gasteiger partial charge in [-0.25, -0.2) is 9.59 Å². The molecule has 2 heterocycles. The molecule has 0 aromatic heterocycles. The number of hydrogen-bond acceptors (Lipinski definition) is 3. The molecule has 1 aromatic carbocycles. The van der Waals surface area contributed by atoms with E-state index in [4.69, 9.17) is 5.26 Å². The average molecular weight is 313 g/mol. The summed E-state index contributed by atoms with van der Waals surface area (Å²) in [5.41, 5.74) is 1.22. The third-order valence-electron chi connectivity index (χ3n) is 4.28. The molecule has 2 aliphatic rings. The van der Waals surface area contributed by atoms with Crippen molar-refractivity contribution in [1.29, 1.82) is 5.26 Å². The van der Waals surface area contributed by atoms with Crippen LogP contribution in [0.1, 0.15) is 18.4 Å². The number of carbonyl (C=O) groups is 2. The molecule has 120 valence electrons. The summed E-state index contributed by atoms with van der Waals surface area (Å²) in [6, 6.07) is 8.69. The zero-order chi connectivity index (χ0) is 16.2. The minimum Gasteiger partial charge on any atom is -0.336 e. The van der Waals surface area contributed by atoms with Gasteiger partial charge in [-0.2, -0.15) is 5.26 Å². The van der Waals surface area contributed by atoms with Gasteiger partial charge in [0.25, 0.3) is 0 Å². The monoisotopic (exact) mass is 313 g/mol. The topological polar surface area (TPSA) is 88.5 Å². The van der Waals surface area contributed by atoms with Gasteiger partial charge in [-0.15, -0.1) is 0 Å². The number of piperidine rings is 1. The molecule has 0 spiro atoms. The molecular formula is C16H19N5O2. The summed E-state index contributed by atoms with van der Waals surface area (Å²) in [5.74, 6) is 0. The summed E-state index contributed by atoms with van der Waals surface area (Å²) in [5, 5.41) is 14.4. The molecule has 1 atom stereocenters. The Hall–Kier alpha value is -2.75. The van der Waals surface area contributed by atoms with Crippen molar-refractivity contribution in [3.63, 3.8) is 0 Å². The number of nitrogens with zero attached hydrogens (tertiary/aromatic N) is 3. The van der Waals surface area contributed by atoms with Crippen LogP contribution in [0.2, 0.25) is 0 Å². The summed E-state index contributed by atoms with van der Waals surface area (Å²) in [6.45, 7) is 2.62. The second-order valence-corrected chi connectivity index (χ2v) is 5.79. The van der Waals surface area contributed by atoms with Gasteiger partial charge in [0.1, 0.15) is 0 Å². The van der Waals surface area contributed by atoms with E-state index in [2.05, 4.69) is 10.6 Å². The van der Waals surface area contributed by atoms with E-state index in [0.717, 1.165) is 12.8 Å². The maximum atomic E-state index is 12.4. The second-order valence-electron chi connectivity index (χ2n) is 5.79. The Morgan fingerprint density at radius 3 is 2.74 bits per heavy atom. The highest BCUT2D eigenvalue weighted by atomic mass is 16.2. The molecule has 7 heteroatoms. The molecule has 0 aliphatic carbocycles. The first-order valence-electron chi connectivity index (χ1n) is 7.78. The summed E-state index contributed by atoms with van der Waals surface area (Å²) < 4.78 is 0. The SMILES string of the molecule is N#Cc1ccc(NC(=O)N2CCC[C@H](N3CCNC3=O)C2)cc1. The highest BCUT2D eigenvalue weighted by Crippen LogP contribution is 2.19. The van der Waals surface area contributed by atoms with Crippen molar-refractivity contribution in [3.05, 3.63) is 29.8 Å². The number of urea groups is 2. The van der Waals surface area contributed by atoms with E-state index in [9.17, 15) is 9.59 Å². The van der Waals surface area contributed by atoms with Crippen LogP contribution in [0.4, 0.5) is 15.3 Å². The van der Waals surface area contributed by atoms with E-state index in [1.807, 2.05) is 11.0 Å². The number of nitrogens with one attached hydrogen (secondary N) is 2. The predicted octanol–water partition coefficient (Wildman–Crippen LogP) is 1.58. The third kappa shape index (κ3) is 3.37. The Balaban J connectivity index is 1.60. The standard InChI is InChI=1S/C16H19N5O2/c17-10-12-3-5-13(6-4-12)19-16(23)20-8-1-2-14(11-20)21-9-7-18-15(21)22/h3-6,14H,1-2,7-9,11H2,(H,18,22)(H,19,23)/t14-/m0/s1. The van der Waals surface area contributed by atoms with Crippen molar-refractivity contribution in [3.8, 4) is 6.07 Å². The Kier molecular flexibility index (Phi) is 4.33. The van der Waals surface area contributed by atoms with E-state index in [-0.39, 0.29) is 18.1 Å². The summed E-state index contributed by atoms with van der Waals surface area (Å²) in [7, 11) is 0. The van der Waals surface area contributed by atoms with E-state index < -0.39 is 0 Å². The Morgan fingerprint density at radius 2 is 2.09 bits per heavy atom. The van der Waals surface area contributed by atoms with Gasteiger partial charge in [-0.1, -0.05) is 0 Å². The van der Waals surface area contributed by atoms with Crippen LogP contribution < -0.4 is 10.6 Å². The Labute approximate surface area is 134 Å². The maximum absolute atomic E-state index is 12.4. The van der Waals surface area contributed by atoms with Gasteiger partial charge >= 0.3 is 12.1 Å². The number of anilines is 1. The minimum absolute atomic E-state index is 0.0376. The number of rotatable bonds is 2. The van der Waals surface area contributed by atoms with Gasteiger partial charge in [-0.3, -0.25) is 0 Å². The van der Waals surface area contributed by atoms with Crippen molar-refractivity contribution >= 4 is 17.7 Å². The van der Waals surface area contributed by atoms with Crippen molar-refractivity contribution in [1.82, 2.24) is 15.1 Å². The number of benzene rings is 1. The van der Waals surface area contributed by atoms with Gasteiger partial charge in [0.05, 0.1) is 17.7 Å². The first-order valence-corrected chi connectivity index (χ1v) is 7.78. The highest BCUT2D eigenvalue weighted by molar-refractivity contribution is 5.89. The summed E-state index contributed by atoms with van der Waals surface area (Å²) in [6.07, 6.45) is 1.81. The number of amides is 4. The van der Waals surface area contributed by atoms with Crippen LogP contribution in [-0.2, 0) is 0 Å². The molecule has 1 aromatic rings. The van der Waals surface area contributed by atoms with Gasteiger partial charge < -0.3 is 20.4 Å². The largest absolute Gasteiger partial charge is 0.336 e. The number of nitriles is 1. The zero-order valence-electron chi connectivity index (χ0n) is 12.8. The fourth-order valence-electron chi connectivity index (χ4n) is 3.06. The van der Waals surface area contributed by atoms with E-state index in [1.54, 1.807) is 29.2 Å². The molecule has 0 bridgehead atoms. The smallest absolute Gasteiger partial charge is 0.321 e. The predicted molar refractivity (Wildman–Crippen MR) is 84.9 cm³/mol. The van der Waals surface area contributed by atoms with Crippen LogP contribution >= 0.6 is 0 Å². The Morgan fingerprint density at radius 1 is 1.30 bits per heavy atom. The zero-order valence-corrected chi connectivity index (χ0v) is 12.8. The van der Waals surface area contributed by atoms with Crippen LogP contribution in [0.15, 0.2) is 24.3 Å². The van der Waals surface area contributed by atoms with Crippen LogP contribution in [0, 0.1) is 11.3 Å². The molecule has 4 amide bonds. The summed E-state index contributed by atoms with van der Waals surface area (Å²) in [4.78, 5) is 27.7. The molecule has 23 heavy (non-hydrogen) atoms. The molecule has 7 nitrogen and oxygen atoms in total. The van der Waals surface area contributed by atoms with Crippen LogP contribution in [-0.4, -0.2) is 54.1 Å². The van der Waals surface area contributed by atoms with Gasteiger partial charge in [0.15, 0.2) is 0 Å². The van der Waals surface area contributed by atoms with E-state index in [0.29, 0.717) is 37.4 Å². The maximum Gasteiger partial charge on any atom is 0.321 e. The lowest BCUT2D eigenvalue weighted by Crippen LogP contribution is -2.51.